The van der Waals surface area contributed by atoms with E-state index in [1.165, 1.54) is 10.4 Å². The Morgan fingerprint density at radius 3 is 2.15 bits per heavy atom. The van der Waals surface area contributed by atoms with Gasteiger partial charge in [-0.3, -0.25) is 4.79 Å². The number of halogens is 1. The third-order valence-corrected chi connectivity index (χ3v) is 17.8. The average molecular weight is 861 g/mol. The number of hydrogen-bond acceptors (Lipinski definition) is 5. The highest BCUT2D eigenvalue weighted by Gasteiger charge is 2.53. The van der Waals surface area contributed by atoms with E-state index in [4.69, 9.17) is 13.9 Å². The zero-order valence-corrected chi connectivity index (χ0v) is 36.3. The maximum Gasteiger partial charge on any atom is 0.261 e. The number of aliphatic hydroxyl groups is 1. The van der Waals surface area contributed by atoms with Crippen LogP contribution in [0.1, 0.15) is 78.7 Å². The van der Waals surface area contributed by atoms with Gasteiger partial charge in [0.25, 0.3) is 8.32 Å². The van der Waals surface area contributed by atoms with E-state index in [1.807, 2.05) is 44.2 Å². The Labute approximate surface area is 339 Å². The zero-order chi connectivity index (χ0) is 38.9. The van der Waals surface area contributed by atoms with Crippen LogP contribution >= 0.6 is 22.6 Å². The third kappa shape index (κ3) is 9.94. The van der Waals surface area contributed by atoms with Crippen LogP contribution in [-0.2, 0) is 20.6 Å². The van der Waals surface area contributed by atoms with Crippen molar-refractivity contribution in [3.05, 3.63) is 125 Å². The summed E-state index contributed by atoms with van der Waals surface area (Å²) in [5.41, 5.74) is 1.03. The normalized spacial score (nSPS) is 23.3. The number of carbonyl (C=O) groups excluding carboxylic acids is 1. The highest BCUT2D eigenvalue weighted by Crippen LogP contribution is 2.49. The molecule has 3 aromatic rings. The number of carbonyl (C=O) groups is 1. The number of aliphatic hydroxyl groups excluding tert-OH is 1. The Balaban J connectivity index is 1.37. The molecule has 2 aliphatic rings. The third-order valence-electron chi connectivity index (χ3n) is 11.8. The van der Waals surface area contributed by atoms with E-state index in [2.05, 4.69) is 129 Å². The first-order valence-electron chi connectivity index (χ1n) is 19.9. The summed E-state index contributed by atoms with van der Waals surface area (Å²) in [5, 5.41) is 12.8. The van der Waals surface area contributed by atoms with Crippen LogP contribution in [0.5, 0.6) is 5.75 Å². The van der Waals surface area contributed by atoms with Crippen molar-refractivity contribution >= 4 is 47.1 Å². The maximum absolute atomic E-state index is 14.3. The molecule has 3 aromatic carbocycles. The highest BCUT2D eigenvalue weighted by atomic mass is 127. The molecule has 54 heavy (non-hydrogen) atoms. The molecule has 1 saturated carbocycles. The number of rotatable bonds is 18. The molecule has 5 rings (SSSR count). The average Bonchev–Trinajstić information content (AvgIpc) is 3.61. The van der Waals surface area contributed by atoms with Gasteiger partial charge in [0.05, 0.1) is 29.5 Å². The van der Waals surface area contributed by atoms with Gasteiger partial charge in [-0.1, -0.05) is 132 Å². The van der Waals surface area contributed by atoms with Crippen LogP contribution < -0.4 is 15.1 Å². The fourth-order valence-corrected chi connectivity index (χ4v) is 14.3. The van der Waals surface area contributed by atoms with Crippen molar-refractivity contribution in [1.29, 1.82) is 0 Å². The Morgan fingerprint density at radius 2 is 1.59 bits per heavy atom. The Bertz CT molecular complexity index is 1660. The second-order valence-corrected chi connectivity index (χ2v) is 21.8. The van der Waals surface area contributed by atoms with Gasteiger partial charge < -0.3 is 19.0 Å². The lowest BCUT2D eigenvalue weighted by Gasteiger charge is -2.44. The fraction of sp³-hybridized carbons (Fsp3) is 0.468. The predicted octanol–water partition coefficient (Wildman–Crippen LogP) is 10.0. The van der Waals surface area contributed by atoms with E-state index in [9.17, 15) is 9.90 Å². The van der Waals surface area contributed by atoms with E-state index in [0.717, 1.165) is 40.6 Å². The molecule has 2 aliphatic carbocycles. The van der Waals surface area contributed by atoms with Gasteiger partial charge in [-0.25, -0.2) is 0 Å². The van der Waals surface area contributed by atoms with Gasteiger partial charge in [-0.15, -0.1) is 6.58 Å². The first-order valence-corrected chi connectivity index (χ1v) is 22.8. The van der Waals surface area contributed by atoms with Crippen molar-refractivity contribution in [1.82, 2.24) is 0 Å². The van der Waals surface area contributed by atoms with Crippen LogP contribution in [0.4, 0.5) is 0 Å². The summed E-state index contributed by atoms with van der Waals surface area (Å²) in [7, 11) is -1.05. The van der Waals surface area contributed by atoms with Gasteiger partial charge in [-0.05, 0) is 112 Å². The molecular formula is C47H61IO5Si. The van der Waals surface area contributed by atoms with Crippen molar-refractivity contribution in [2.45, 2.75) is 103 Å². The van der Waals surface area contributed by atoms with Gasteiger partial charge in [0.15, 0.2) is 5.78 Å². The Morgan fingerprint density at radius 1 is 0.963 bits per heavy atom. The summed E-state index contributed by atoms with van der Waals surface area (Å²) in [6, 6.07) is 29.7. The summed E-state index contributed by atoms with van der Waals surface area (Å²) in [5.74, 6) is 1.57. The molecule has 1 fully saturated rings. The molecule has 0 aromatic heterocycles. The van der Waals surface area contributed by atoms with Gasteiger partial charge >= 0.3 is 0 Å². The van der Waals surface area contributed by atoms with Gasteiger partial charge in [0.1, 0.15) is 5.75 Å². The van der Waals surface area contributed by atoms with Crippen molar-refractivity contribution < 1.29 is 23.8 Å². The van der Waals surface area contributed by atoms with Crippen molar-refractivity contribution in [2.75, 3.05) is 7.11 Å². The minimum Gasteiger partial charge on any atom is -0.497 e. The fourth-order valence-electron chi connectivity index (χ4n) is 8.71. The first kappa shape index (κ1) is 42.3. The van der Waals surface area contributed by atoms with Crippen LogP contribution in [0.3, 0.4) is 0 Å². The minimum absolute atomic E-state index is 0.0944. The number of allylic oxidation sites excluding steroid dienone is 5. The molecule has 0 bridgehead atoms. The molecule has 0 saturated heterocycles. The van der Waals surface area contributed by atoms with Crippen molar-refractivity contribution in [3.8, 4) is 5.75 Å². The van der Waals surface area contributed by atoms with E-state index in [-0.39, 0.29) is 46.9 Å². The second kappa shape index (κ2) is 19.4. The number of methoxy groups -OCH3 is 1. The molecule has 8 atom stereocenters. The number of fused-ring (bicyclic) bond motifs is 1. The molecule has 0 amide bonds. The Kier molecular flexibility index (Phi) is 15.2. The first-order chi connectivity index (χ1) is 25.9. The van der Waals surface area contributed by atoms with E-state index < -0.39 is 8.32 Å². The molecule has 0 heterocycles. The number of Topliss-reactive ketones (excluding diaryl/α,β-unsaturated/α-hetero) is 1. The zero-order valence-electron chi connectivity index (χ0n) is 33.1. The maximum atomic E-state index is 14.3. The van der Waals surface area contributed by atoms with Crippen LogP contribution in [0.15, 0.2) is 119 Å². The summed E-state index contributed by atoms with van der Waals surface area (Å²) < 4.78 is 20.2. The molecule has 0 unspecified atom stereocenters. The van der Waals surface area contributed by atoms with Crippen LogP contribution in [0.25, 0.3) is 0 Å². The summed E-state index contributed by atoms with van der Waals surface area (Å²) in [4.78, 5) is 14.3. The van der Waals surface area contributed by atoms with Gasteiger partial charge in [0, 0.05) is 17.9 Å². The quantitative estimate of drug-likeness (QED) is 0.0598. The van der Waals surface area contributed by atoms with E-state index >= 15 is 0 Å². The summed E-state index contributed by atoms with van der Waals surface area (Å²) >= 11 is 2.27. The van der Waals surface area contributed by atoms with E-state index in [1.54, 1.807) is 7.11 Å². The van der Waals surface area contributed by atoms with Crippen molar-refractivity contribution in [3.63, 3.8) is 0 Å². The smallest absolute Gasteiger partial charge is 0.261 e. The SMILES string of the molecule is C=C[C@@H]1C=C[C@@H]2C[C@@H](O[Si](c3ccccc3)(c3ccccc3)C(C)(C)C)C[C@H]2[C@@H]1/C=C(\I)C(=O)[C@H](C)[C@H](CCC[C@@H](O)CC)OCc1ccc(OC)cc1. The molecule has 7 heteroatoms. The molecule has 290 valence electrons. The monoisotopic (exact) mass is 860 g/mol. The van der Waals surface area contributed by atoms with Crippen LogP contribution in [0, 0.1) is 29.6 Å². The lowest BCUT2D eigenvalue weighted by Crippen LogP contribution is -2.67. The van der Waals surface area contributed by atoms with Crippen molar-refractivity contribution in [2.24, 2.45) is 29.6 Å². The standard InChI is InChI=1S/C47H61IO5Si/c1-8-35-25-26-36-29-39(53-54(47(4,5)6,40-18-12-10-13-19-40)41-20-14-11-15-21-41)30-42(36)43(35)31-44(48)46(50)33(3)45(22-16-17-37(49)9-2)52-32-34-23-27-38(51-7)28-24-34/h8,10-15,18-21,23-28,31,33,35-37,39,42-43,45,49H,1,9,16-17,22,29-30,32H2,2-7H3/b44-31-/t33-,35-,36-,37+,39-,42-,43-,45+/m1/s1. The molecule has 0 spiro atoms. The second-order valence-electron chi connectivity index (χ2n) is 16.3. The molecule has 0 aliphatic heterocycles. The number of ether oxygens (including phenoxy) is 2. The molecular weight excluding hydrogens is 800 g/mol. The molecule has 1 N–H and O–H groups in total. The highest BCUT2D eigenvalue weighted by molar-refractivity contribution is 14.1. The minimum atomic E-state index is -2.71. The largest absolute Gasteiger partial charge is 0.497 e. The summed E-state index contributed by atoms with van der Waals surface area (Å²) in [6.45, 7) is 15.7. The van der Waals surface area contributed by atoms with Crippen LogP contribution in [-0.4, -0.2) is 44.6 Å². The van der Waals surface area contributed by atoms with Gasteiger partial charge in [0.2, 0.25) is 0 Å². The lowest BCUT2D eigenvalue weighted by atomic mass is 9.71. The van der Waals surface area contributed by atoms with Crippen LogP contribution in [0.2, 0.25) is 5.04 Å². The topological polar surface area (TPSA) is 65.0 Å². The van der Waals surface area contributed by atoms with Gasteiger partial charge in [-0.2, -0.15) is 0 Å². The predicted molar refractivity (Wildman–Crippen MR) is 233 cm³/mol. The molecule has 0 radical (unpaired) electrons. The summed E-state index contributed by atoms with van der Waals surface area (Å²) in [6.07, 6.45) is 13.3. The molecule has 5 nitrogen and oxygen atoms in total. The lowest BCUT2D eigenvalue weighted by molar-refractivity contribution is -0.123. The van der Waals surface area contributed by atoms with E-state index in [0.29, 0.717) is 31.3 Å². The number of hydrogen-bond donors (Lipinski definition) is 1. The number of ketones is 1. The number of benzene rings is 3. The Hall–Kier alpha value is -2.82.